The summed E-state index contributed by atoms with van der Waals surface area (Å²) >= 11 is 1.51. The predicted octanol–water partition coefficient (Wildman–Crippen LogP) is 2.87. The fourth-order valence-electron chi connectivity index (χ4n) is 3.74. The molecule has 0 amide bonds. The molecule has 0 saturated carbocycles. The van der Waals surface area contributed by atoms with Crippen molar-refractivity contribution in [3.63, 3.8) is 0 Å². The van der Waals surface area contributed by atoms with Gasteiger partial charge in [0, 0.05) is 24.0 Å². The van der Waals surface area contributed by atoms with Gasteiger partial charge in [0.25, 0.3) is 5.56 Å². The van der Waals surface area contributed by atoms with Crippen molar-refractivity contribution >= 4 is 27.5 Å². The summed E-state index contributed by atoms with van der Waals surface area (Å²) < 4.78 is 2.39. The zero-order chi connectivity index (χ0) is 19.7. The number of piperidine rings is 1. The van der Waals surface area contributed by atoms with Gasteiger partial charge in [0.2, 0.25) is 5.95 Å². The normalized spacial score (nSPS) is 17.0. The minimum atomic E-state index is -0.0448. The minimum absolute atomic E-state index is 0.0448. The van der Waals surface area contributed by atoms with Crippen LogP contribution in [0.5, 0.6) is 0 Å². The van der Waals surface area contributed by atoms with Crippen LogP contribution in [-0.2, 0) is 13.0 Å². The van der Waals surface area contributed by atoms with Crippen molar-refractivity contribution in [2.75, 3.05) is 18.0 Å². The lowest BCUT2D eigenvalue weighted by molar-refractivity contribution is 0.492. The Kier molecular flexibility index (Phi) is 5.16. The van der Waals surface area contributed by atoms with E-state index in [0.29, 0.717) is 29.3 Å². The standard InChI is InChI=1S/C21H23N5OS/c1-2-17-10-18-19(28-17)20(27)26(12-15-7-4-3-6-14(15)11-22)21(24-18)25-9-5-8-16(23)13-25/h3-4,6-7,10,16H,2,5,8-9,12-13,23H2,1H3/t16-/m1/s1. The summed E-state index contributed by atoms with van der Waals surface area (Å²) in [6.45, 7) is 3.92. The van der Waals surface area contributed by atoms with Gasteiger partial charge in [-0.1, -0.05) is 25.1 Å². The van der Waals surface area contributed by atoms with Gasteiger partial charge in [0.05, 0.1) is 23.7 Å². The van der Waals surface area contributed by atoms with Crippen LogP contribution < -0.4 is 16.2 Å². The number of nitrogens with zero attached hydrogens (tertiary/aromatic N) is 4. The van der Waals surface area contributed by atoms with Crippen molar-refractivity contribution in [2.24, 2.45) is 5.73 Å². The zero-order valence-electron chi connectivity index (χ0n) is 15.9. The second kappa shape index (κ2) is 7.74. The molecule has 0 aliphatic carbocycles. The minimum Gasteiger partial charge on any atom is -0.341 e. The smallest absolute Gasteiger partial charge is 0.273 e. The number of aromatic nitrogens is 2. The van der Waals surface area contributed by atoms with Gasteiger partial charge < -0.3 is 10.6 Å². The third-order valence-electron chi connectivity index (χ3n) is 5.22. The molecule has 1 aliphatic rings. The molecular weight excluding hydrogens is 370 g/mol. The SMILES string of the molecule is CCc1cc2nc(N3CCC[C@@H](N)C3)n(Cc3ccccc3C#N)c(=O)c2s1. The summed E-state index contributed by atoms with van der Waals surface area (Å²) in [6, 6.07) is 11.7. The Bertz CT molecular complexity index is 1110. The third-order valence-corrected chi connectivity index (χ3v) is 6.48. The molecule has 3 aromatic rings. The van der Waals surface area contributed by atoms with Gasteiger partial charge >= 0.3 is 0 Å². The number of hydrogen-bond donors (Lipinski definition) is 1. The van der Waals surface area contributed by atoms with Gasteiger partial charge in [-0.05, 0) is 37.0 Å². The molecule has 7 heteroatoms. The average molecular weight is 394 g/mol. The lowest BCUT2D eigenvalue weighted by Gasteiger charge is -2.33. The molecule has 2 N–H and O–H groups in total. The number of aryl methyl sites for hydroxylation is 1. The molecule has 1 atom stereocenters. The molecule has 144 valence electrons. The molecular formula is C21H23N5OS. The highest BCUT2D eigenvalue weighted by atomic mass is 32.1. The average Bonchev–Trinajstić information content (AvgIpc) is 3.14. The van der Waals surface area contributed by atoms with E-state index < -0.39 is 0 Å². The van der Waals surface area contributed by atoms with Crippen LogP contribution in [0.15, 0.2) is 35.1 Å². The molecule has 3 heterocycles. The molecule has 2 aromatic heterocycles. The van der Waals surface area contributed by atoms with Crippen molar-refractivity contribution in [3.05, 3.63) is 56.7 Å². The topological polar surface area (TPSA) is 87.9 Å². The molecule has 1 aliphatic heterocycles. The first kappa shape index (κ1) is 18.7. The monoisotopic (exact) mass is 393 g/mol. The number of nitriles is 1. The second-order valence-corrected chi connectivity index (χ2v) is 8.34. The first-order valence-electron chi connectivity index (χ1n) is 9.62. The van der Waals surface area contributed by atoms with Gasteiger partial charge in [-0.2, -0.15) is 5.26 Å². The highest BCUT2D eigenvalue weighted by Gasteiger charge is 2.23. The van der Waals surface area contributed by atoms with Gasteiger partial charge in [-0.25, -0.2) is 4.98 Å². The lowest BCUT2D eigenvalue weighted by Crippen LogP contribution is -2.45. The van der Waals surface area contributed by atoms with E-state index in [1.807, 2.05) is 24.3 Å². The molecule has 1 aromatic carbocycles. The number of fused-ring (bicyclic) bond motifs is 1. The summed E-state index contributed by atoms with van der Waals surface area (Å²) in [5, 5.41) is 9.45. The summed E-state index contributed by atoms with van der Waals surface area (Å²) in [4.78, 5) is 21.5. The fraction of sp³-hybridized carbons (Fsp3) is 0.381. The number of hydrogen-bond acceptors (Lipinski definition) is 6. The van der Waals surface area contributed by atoms with Gasteiger partial charge in [-0.15, -0.1) is 11.3 Å². The van der Waals surface area contributed by atoms with E-state index in [1.165, 1.54) is 11.3 Å². The Morgan fingerprint density at radius 1 is 1.39 bits per heavy atom. The van der Waals surface area contributed by atoms with E-state index in [1.54, 1.807) is 10.6 Å². The van der Waals surface area contributed by atoms with Crippen molar-refractivity contribution in [2.45, 2.75) is 38.8 Å². The van der Waals surface area contributed by atoms with Crippen LogP contribution in [0.2, 0.25) is 0 Å². The van der Waals surface area contributed by atoms with Crippen LogP contribution in [0.3, 0.4) is 0 Å². The number of thiophene rings is 1. The van der Waals surface area contributed by atoms with E-state index >= 15 is 0 Å². The number of anilines is 1. The van der Waals surface area contributed by atoms with Gasteiger partial charge in [0.15, 0.2) is 0 Å². The molecule has 0 bridgehead atoms. The van der Waals surface area contributed by atoms with Crippen LogP contribution in [0.25, 0.3) is 10.2 Å². The number of nitrogens with two attached hydrogens (primary N) is 1. The molecule has 1 saturated heterocycles. The Hall–Kier alpha value is -2.69. The molecule has 0 radical (unpaired) electrons. The largest absolute Gasteiger partial charge is 0.341 e. The Labute approximate surface area is 167 Å². The molecule has 6 nitrogen and oxygen atoms in total. The molecule has 28 heavy (non-hydrogen) atoms. The zero-order valence-corrected chi connectivity index (χ0v) is 16.7. The molecule has 4 rings (SSSR count). The summed E-state index contributed by atoms with van der Waals surface area (Å²) in [5.41, 5.74) is 8.30. The maximum atomic E-state index is 13.4. The summed E-state index contributed by atoms with van der Waals surface area (Å²) in [5.74, 6) is 0.654. The van der Waals surface area contributed by atoms with E-state index in [2.05, 4.69) is 17.9 Å². The fourth-order valence-corrected chi connectivity index (χ4v) is 4.72. The highest BCUT2D eigenvalue weighted by molar-refractivity contribution is 7.18. The molecule has 0 unspecified atom stereocenters. The second-order valence-electron chi connectivity index (χ2n) is 7.20. The maximum absolute atomic E-state index is 13.4. The van der Waals surface area contributed by atoms with Crippen molar-refractivity contribution in [3.8, 4) is 6.07 Å². The highest BCUT2D eigenvalue weighted by Crippen LogP contribution is 2.26. The predicted molar refractivity (Wildman–Crippen MR) is 113 cm³/mol. The molecule has 0 spiro atoms. The first-order valence-corrected chi connectivity index (χ1v) is 10.4. The number of rotatable bonds is 4. The summed E-state index contributed by atoms with van der Waals surface area (Å²) in [6.07, 6.45) is 2.84. The van der Waals surface area contributed by atoms with Crippen molar-refractivity contribution in [1.82, 2.24) is 9.55 Å². The lowest BCUT2D eigenvalue weighted by atomic mass is 10.1. The summed E-state index contributed by atoms with van der Waals surface area (Å²) in [7, 11) is 0. The Balaban J connectivity index is 1.88. The Morgan fingerprint density at radius 2 is 2.21 bits per heavy atom. The van der Waals surface area contributed by atoms with Crippen LogP contribution in [0.1, 0.15) is 35.8 Å². The first-order chi connectivity index (χ1) is 13.6. The van der Waals surface area contributed by atoms with Crippen LogP contribution in [-0.4, -0.2) is 28.7 Å². The third kappa shape index (κ3) is 3.41. The van der Waals surface area contributed by atoms with Crippen LogP contribution in [0, 0.1) is 11.3 Å². The van der Waals surface area contributed by atoms with Gasteiger partial charge in [-0.3, -0.25) is 9.36 Å². The van der Waals surface area contributed by atoms with Crippen molar-refractivity contribution < 1.29 is 0 Å². The quantitative estimate of drug-likeness (QED) is 0.736. The van der Waals surface area contributed by atoms with E-state index in [9.17, 15) is 10.1 Å². The number of benzene rings is 1. The van der Waals surface area contributed by atoms with E-state index in [4.69, 9.17) is 10.7 Å². The van der Waals surface area contributed by atoms with Crippen LogP contribution >= 0.6 is 11.3 Å². The Morgan fingerprint density at radius 3 is 2.96 bits per heavy atom. The van der Waals surface area contributed by atoms with Gasteiger partial charge in [0.1, 0.15) is 4.70 Å². The molecule has 1 fully saturated rings. The van der Waals surface area contributed by atoms with Crippen molar-refractivity contribution in [1.29, 1.82) is 5.26 Å². The van der Waals surface area contributed by atoms with E-state index in [-0.39, 0.29) is 11.6 Å². The maximum Gasteiger partial charge on any atom is 0.273 e. The van der Waals surface area contributed by atoms with Crippen LogP contribution in [0.4, 0.5) is 5.95 Å². The van der Waals surface area contributed by atoms with E-state index in [0.717, 1.165) is 41.8 Å².